The Hall–Kier alpha value is -2.88. The highest BCUT2D eigenvalue weighted by atomic mass is 35.5. The number of rotatable bonds is 7. The Kier molecular flexibility index (Phi) is 10.9. The van der Waals surface area contributed by atoms with E-state index >= 15 is 0 Å². The number of pyridine rings is 1. The monoisotopic (exact) mass is 559 g/mol. The predicted octanol–water partition coefficient (Wildman–Crippen LogP) is 6.46. The number of hydrogen-bond acceptors (Lipinski definition) is 5. The van der Waals surface area contributed by atoms with Crippen LogP contribution in [0.5, 0.6) is 5.88 Å². The summed E-state index contributed by atoms with van der Waals surface area (Å²) in [5.41, 5.74) is 2.55. The first kappa shape index (κ1) is 31.3. The Labute approximate surface area is 225 Å². The second kappa shape index (κ2) is 13.3. The first-order valence-electron chi connectivity index (χ1n) is 12.4. The van der Waals surface area contributed by atoms with Gasteiger partial charge in [0, 0.05) is 19.5 Å². The molecule has 2 N–H and O–H groups in total. The normalized spacial score (nSPS) is 19.2. The summed E-state index contributed by atoms with van der Waals surface area (Å²) in [7, 11) is 1.85. The van der Waals surface area contributed by atoms with Crippen molar-refractivity contribution in [3.8, 4) is 5.88 Å². The van der Waals surface area contributed by atoms with E-state index in [2.05, 4.69) is 10.3 Å². The Balaban J connectivity index is 0.000000432. The number of aryl methyl sites for hydroxylation is 2. The van der Waals surface area contributed by atoms with Gasteiger partial charge in [0.1, 0.15) is 24.2 Å². The lowest BCUT2D eigenvalue weighted by atomic mass is 9.65. The van der Waals surface area contributed by atoms with E-state index in [-0.39, 0.29) is 23.3 Å². The minimum Gasteiger partial charge on any atom is -0.474 e. The largest absolute Gasteiger partial charge is 0.474 e. The van der Waals surface area contributed by atoms with Crippen LogP contribution in [0.2, 0.25) is 5.02 Å². The van der Waals surface area contributed by atoms with E-state index in [1.54, 1.807) is 18.3 Å². The number of ketones is 1. The van der Waals surface area contributed by atoms with Crippen LogP contribution < -0.4 is 15.4 Å². The number of nitrogens with one attached hydrogen (secondary N) is 2. The number of halogens is 5. The highest BCUT2D eigenvalue weighted by Crippen LogP contribution is 2.45. The fraction of sp³-hybridized carbons (Fsp3) is 0.519. The first-order chi connectivity index (χ1) is 17.7. The molecule has 1 aliphatic carbocycles. The summed E-state index contributed by atoms with van der Waals surface area (Å²) < 4.78 is 54.2. The quantitative estimate of drug-likeness (QED) is 0.381. The Bertz CT molecular complexity index is 1130. The van der Waals surface area contributed by atoms with E-state index in [1.807, 2.05) is 33.0 Å². The number of hydrogen-bond donors (Lipinski definition) is 2. The fourth-order valence-corrected chi connectivity index (χ4v) is 4.97. The molecule has 1 aromatic heterocycles. The molecule has 1 aromatic carbocycles. The highest BCUT2D eigenvalue weighted by molar-refractivity contribution is 6.32. The van der Waals surface area contributed by atoms with Crippen LogP contribution in [0.3, 0.4) is 0 Å². The van der Waals surface area contributed by atoms with Gasteiger partial charge in [0.25, 0.3) is 0 Å². The van der Waals surface area contributed by atoms with Crippen molar-refractivity contribution in [2.24, 2.45) is 0 Å². The van der Waals surface area contributed by atoms with Crippen molar-refractivity contribution in [2.75, 3.05) is 18.9 Å². The van der Waals surface area contributed by atoms with Crippen molar-refractivity contribution in [2.45, 2.75) is 77.5 Å². The number of anilines is 1. The van der Waals surface area contributed by atoms with Gasteiger partial charge in [-0.15, -0.1) is 0 Å². The molecule has 1 aliphatic rings. The summed E-state index contributed by atoms with van der Waals surface area (Å²) in [6.07, 6.45) is -1.75. The van der Waals surface area contributed by atoms with E-state index in [4.69, 9.17) is 16.3 Å². The third kappa shape index (κ3) is 8.06. The summed E-state index contributed by atoms with van der Waals surface area (Å²) >= 11 is 6.30. The van der Waals surface area contributed by atoms with Crippen LogP contribution in [-0.2, 0) is 15.0 Å². The molecule has 0 atom stereocenters. The minimum atomic E-state index is -4.30. The molecule has 6 nitrogen and oxygen atoms in total. The average Bonchev–Trinajstić information content (AvgIpc) is 2.86. The molecule has 210 valence electrons. The van der Waals surface area contributed by atoms with Crippen LogP contribution in [0.4, 0.5) is 23.2 Å². The fourth-order valence-electron chi connectivity index (χ4n) is 4.58. The van der Waals surface area contributed by atoms with Crippen molar-refractivity contribution < 1.29 is 31.9 Å². The van der Waals surface area contributed by atoms with Gasteiger partial charge in [0.05, 0.1) is 21.8 Å². The Morgan fingerprint density at radius 3 is 2.29 bits per heavy atom. The number of benzene rings is 1. The zero-order valence-corrected chi connectivity index (χ0v) is 22.9. The lowest BCUT2D eigenvalue weighted by molar-refractivity contribution is -0.138. The van der Waals surface area contributed by atoms with Crippen molar-refractivity contribution in [1.82, 2.24) is 10.3 Å². The number of carbonyl (C=O) groups excluding carboxylic acids is 2. The summed E-state index contributed by atoms with van der Waals surface area (Å²) in [4.78, 5) is 27.4. The molecular formula is C27H34ClF4N3O3. The van der Waals surface area contributed by atoms with E-state index < -0.39 is 29.9 Å². The molecule has 11 heteroatoms. The molecule has 1 amide bonds. The highest BCUT2D eigenvalue weighted by Gasteiger charge is 2.44. The number of alkyl halides is 3. The van der Waals surface area contributed by atoms with Gasteiger partial charge in [0.15, 0.2) is 0 Å². The van der Waals surface area contributed by atoms with E-state index in [1.165, 1.54) is 13.0 Å². The zero-order valence-electron chi connectivity index (χ0n) is 22.2. The summed E-state index contributed by atoms with van der Waals surface area (Å²) in [5, 5.41) is 4.86. The lowest BCUT2D eigenvalue weighted by Gasteiger charge is -2.40. The molecule has 1 saturated carbocycles. The Morgan fingerprint density at radius 2 is 1.79 bits per heavy atom. The molecule has 0 spiro atoms. The maximum Gasteiger partial charge on any atom is 0.405 e. The molecule has 3 rings (SSSR count). The standard InChI is InChI=1S/C22H26ClFN2O2.C5H8F3NO/c1-13-5-6-17(24)21(23)20(13)22(15(3)27)11-9-16(10-12-22)28-19-8-7-18(25-4)14(2)26-19;1-2-4(10)9-3-5(6,7)8/h5-8,16,25H,9-12H2,1-4H3;2-3H2,1H3,(H,9,10). The number of Topliss-reactive ketones (excluding diaryl/α,β-unsaturated/α-hetero) is 1. The third-order valence-electron chi connectivity index (χ3n) is 6.67. The molecule has 0 saturated heterocycles. The number of amides is 1. The SMILES string of the molecule is CCC(=O)NCC(F)(F)F.CNc1ccc(OC2CCC(C(C)=O)(c3c(C)ccc(F)c3Cl)CC2)nc1C. The predicted molar refractivity (Wildman–Crippen MR) is 139 cm³/mol. The maximum atomic E-state index is 14.1. The molecular weight excluding hydrogens is 526 g/mol. The molecule has 0 radical (unpaired) electrons. The summed E-state index contributed by atoms with van der Waals surface area (Å²) in [6, 6.07) is 6.84. The van der Waals surface area contributed by atoms with Gasteiger partial charge in [-0.3, -0.25) is 9.59 Å². The molecule has 0 bridgehead atoms. The number of carbonyl (C=O) groups is 2. The zero-order chi connectivity index (χ0) is 28.7. The van der Waals surface area contributed by atoms with Crippen molar-refractivity contribution in [1.29, 1.82) is 0 Å². The number of ether oxygens (including phenoxy) is 1. The second-order valence-corrected chi connectivity index (χ2v) is 9.66. The minimum absolute atomic E-state index is 0.0221. The van der Waals surface area contributed by atoms with Crippen LogP contribution in [-0.4, -0.2) is 42.5 Å². The number of nitrogens with zero attached hydrogens (tertiary/aromatic N) is 1. The van der Waals surface area contributed by atoms with E-state index in [0.29, 0.717) is 37.1 Å². The van der Waals surface area contributed by atoms with E-state index in [9.17, 15) is 27.2 Å². The summed E-state index contributed by atoms with van der Waals surface area (Å²) in [6.45, 7) is 5.63. The molecule has 0 aliphatic heterocycles. The second-order valence-electron chi connectivity index (χ2n) is 9.29. The maximum absolute atomic E-state index is 14.1. The smallest absolute Gasteiger partial charge is 0.405 e. The van der Waals surface area contributed by atoms with Crippen LogP contribution in [0.25, 0.3) is 0 Å². The number of aromatic nitrogens is 1. The van der Waals surface area contributed by atoms with Gasteiger partial charge in [-0.1, -0.05) is 24.6 Å². The molecule has 1 fully saturated rings. The van der Waals surface area contributed by atoms with E-state index in [0.717, 1.165) is 16.9 Å². The van der Waals surface area contributed by atoms with Gasteiger partial charge >= 0.3 is 6.18 Å². The average molecular weight is 560 g/mol. The summed E-state index contributed by atoms with van der Waals surface area (Å²) in [5.74, 6) is -0.464. The van der Waals surface area contributed by atoms with Gasteiger partial charge in [0.2, 0.25) is 11.8 Å². The van der Waals surface area contributed by atoms with Crippen LogP contribution in [0.1, 0.15) is 62.8 Å². The lowest BCUT2D eigenvalue weighted by Crippen LogP contribution is -2.42. The van der Waals surface area contributed by atoms with Gasteiger partial charge in [-0.25, -0.2) is 9.37 Å². The van der Waals surface area contributed by atoms with Crippen molar-refractivity contribution in [3.05, 3.63) is 51.9 Å². The molecule has 0 unspecified atom stereocenters. The molecule has 2 aromatic rings. The van der Waals surface area contributed by atoms with Crippen LogP contribution in [0.15, 0.2) is 24.3 Å². The first-order valence-corrected chi connectivity index (χ1v) is 12.7. The van der Waals surface area contributed by atoms with Gasteiger partial charge in [-0.05, 0) is 69.7 Å². The van der Waals surface area contributed by atoms with Crippen molar-refractivity contribution in [3.63, 3.8) is 0 Å². The molecule has 1 heterocycles. The Morgan fingerprint density at radius 1 is 1.16 bits per heavy atom. The van der Waals surface area contributed by atoms with Crippen LogP contribution >= 0.6 is 11.6 Å². The van der Waals surface area contributed by atoms with Gasteiger partial charge < -0.3 is 15.4 Å². The van der Waals surface area contributed by atoms with Gasteiger partial charge in [-0.2, -0.15) is 13.2 Å². The van der Waals surface area contributed by atoms with Crippen LogP contribution in [0, 0.1) is 19.7 Å². The topological polar surface area (TPSA) is 80.3 Å². The third-order valence-corrected chi connectivity index (χ3v) is 7.04. The molecule has 38 heavy (non-hydrogen) atoms. The van der Waals surface area contributed by atoms with Crippen molar-refractivity contribution >= 4 is 29.0 Å².